The van der Waals surface area contributed by atoms with E-state index in [-0.39, 0.29) is 23.9 Å². The van der Waals surface area contributed by atoms with Crippen LogP contribution >= 0.6 is 0 Å². The Morgan fingerprint density at radius 1 is 1.26 bits per heavy atom. The van der Waals surface area contributed by atoms with Crippen LogP contribution in [0, 0.1) is 5.82 Å². The molecular weight excluding hydrogens is 345 g/mol. The van der Waals surface area contributed by atoms with Gasteiger partial charge in [0.05, 0.1) is 23.5 Å². The summed E-state index contributed by atoms with van der Waals surface area (Å²) in [7, 11) is 1.83. The van der Waals surface area contributed by atoms with Crippen molar-refractivity contribution < 1.29 is 13.9 Å². The van der Waals surface area contributed by atoms with Crippen molar-refractivity contribution in [1.82, 2.24) is 15.1 Å². The van der Waals surface area contributed by atoms with Gasteiger partial charge in [-0.05, 0) is 18.6 Å². The smallest absolute Gasteiger partial charge is 0.255 e. The molecule has 0 fully saturated rings. The monoisotopic (exact) mass is 365 g/mol. The summed E-state index contributed by atoms with van der Waals surface area (Å²) < 4.78 is 20.8. The number of aryl methyl sites for hydroxylation is 1. The van der Waals surface area contributed by atoms with Crippen LogP contribution in [-0.2, 0) is 13.5 Å². The lowest BCUT2D eigenvalue weighted by molar-refractivity contribution is 0.0907. The first-order chi connectivity index (χ1) is 13.0. The van der Waals surface area contributed by atoms with E-state index in [1.54, 1.807) is 16.9 Å². The molecule has 27 heavy (non-hydrogen) atoms. The second-order valence-electron chi connectivity index (χ2n) is 6.75. The third kappa shape index (κ3) is 3.30. The average Bonchev–Trinajstić information content (AvgIpc) is 3.16. The molecule has 1 aliphatic heterocycles. The number of carbonyl (C=O) groups excluding carboxylic acids is 1. The molecule has 1 amide bonds. The van der Waals surface area contributed by atoms with Gasteiger partial charge in [-0.1, -0.05) is 36.4 Å². The summed E-state index contributed by atoms with van der Waals surface area (Å²) in [5.41, 5.74) is 3.26. The standard InChI is InChI=1S/C21H20FN3O2/c1-13-20(16-9-8-15(22)11-19(16)27-13)24-21(26)17-12-23-25(2)18(17)10-14-6-4-3-5-7-14/h3-9,11-13,20H,10H2,1-2H3,(H,24,26). The van der Waals surface area contributed by atoms with Crippen LogP contribution in [0.2, 0.25) is 0 Å². The zero-order valence-corrected chi connectivity index (χ0v) is 15.1. The molecule has 4 rings (SSSR count). The zero-order chi connectivity index (χ0) is 19.0. The molecule has 0 bridgehead atoms. The second-order valence-corrected chi connectivity index (χ2v) is 6.75. The van der Waals surface area contributed by atoms with E-state index in [0.29, 0.717) is 17.7 Å². The fourth-order valence-corrected chi connectivity index (χ4v) is 3.45. The Morgan fingerprint density at radius 2 is 2.04 bits per heavy atom. The summed E-state index contributed by atoms with van der Waals surface area (Å²) in [5.74, 6) is -0.0968. The predicted molar refractivity (Wildman–Crippen MR) is 99.2 cm³/mol. The molecule has 0 saturated heterocycles. The van der Waals surface area contributed by atoms with Crippen LogP contribution in [0.5, 0.6) is 5.75 Å². The van der Waals surface area contributed by atoms with Crippen molar-refractivity contribution in [2.45, 2.75) is 25.5 Å². The van der Waals surface area contributed by atoms with Crippen molar-refractivity contribution in [3.05, 3.63) is 82.9 Å². The molecule has 0 radical (unpaired) electrons. The summed E-state index contributed by atoms with van der Waals surface area (Å²) in [6, 6.07) is 14.0. The van der Waals surface area contributed by atoms with Crippen LogP contribution in [0.25, 0.3) is 0 Å². The van der Waals surface area contributed by atoms with Crippen molar-refractivity contribution in [2.24, 2.45) is 7.05 Å². The maximum Gasteiger partial charge on any atom is 0.255 e. The number of halogens is 1. The minimum Gasteiger partial charge on any atom is -0.488 e. The number of carbonyl (C=O) groups is 1. The van der Waals surface area contributed by atoms with Crippen LogP contribution in [0.3, 0.4) is 0 Å². The van der Waals surface area contributed by atoms with E-state index in [2.05, 4.69) is 10.4 Å². The van der Waals surface area contributed by atoms with E-state index >= 15 is 0 Å². The van der Waals surface area contributed by atoms with E-state index in [9.17, 15) is 9.18 Å². The number of benzene rings is 2. The lowest BCUT2D eigenvalue weighted by atomic mass is 10.0. The SMILES string of the molecule is CC1Oc2cc(F)ccc2C1NC(=O)c1cnn(C)c1Cc1ccccc1. The molecule has 6 heteroatoms. The van der Waals surface area contributed by atoms with Crippen molar-refractivity contribution in [1.29, 1.82) is 0 Å². The quantitative estimate of drug-likeness (QED) is 0.771. The first kappa shape index (κ1) is 17.3. The van der Waals surface area contributed by atoms with Gasteiger partial charge in [0.15, 0.2) is 0 Å². The fraction of sp³-hybridized carbons (Fsp3) is 0.238. The Labute approximate surface area is 156 Å². The maximum atomic E-state index is 13.4. The van der Waals surface area contributed by atoms with Gasteiger partial charge in [0.25, 0.3) is 5.91 Å². The van der Waals surface area contributed by atoms with Crippen LogP contribution in [0.15, 0.2) is 54.7 Å². The van der Waals surface area contributed by atoms with Gasteiger partial charge in [-0.2, -0.15) is 5.10 Å². The van der Waals surface area contributed by atoms with Gasteiger partial charge in [-0.3, -0.25) is 9.48 Å². The molecule has 138 valence electrons. The number of nitrogens with zero attached hydrogens (tertiary/aromatic N) is 2. The van der Waals surface area contributed by atoms with Crippen LogP contribution in [0.1, 0.15) is 40.1 Å². The molecule has 1 N–H and O–H groups in total. The number of amides is 1. The van der Waals surface area contributed by atoms with Crippen molar-refractivity contribution >= 4 is 5.91 Å². The Morgan fingerprint density at radius 3 is 2.81 bits per heavy atom. The number of hydrogen-bond acceptors (Lipinski definition) is 3. The largest absolute Gasteiger partial charge is 0.488 e. The molecule has 1 aromatic heterocycles. The van der Waals surface area contributed by atoms with Crippen molar-refractivity contribution in [2.75, 3.05) is 0 Å². The third-order valence-corrected chi connectivity index (χ3v) is 4.90. The van der Waals surface area contributed by atoms with Gasteiger partial charge >= 0.3 is 0 Å². The molecule has 2 atom stereocenters. The highest BCUT2D eigenvalue weighted by atomic mass is 19.1. The molecule has 0 spiro atoms. The molecule has 0 saturated carbocycles. The third-order valence-electron chi connectivity index (χ3n) is 4.90. The number of rotatable bonds is 4. The Kier molecular flexibility index (Phi) is 4.39. The summed E-state index contributed by atoms with van der Waals surface area (Å²) in [6.45, 7) is 1.86. The van der Waals surface area contributed by atoms with Gasteiger partial charge in [-0.25, -0.2) is 4.39 Å². The summed E-state index contributed by atoms with van der Waals surface area (Å²) >= 11 is 0. The number of ether oxygens (including phenoxy) is 1. The molecular formula is C21H20FN3O2. The first-order valence-electron chi connectivity index (χ1n) is 8.84. The summed E-state index contributed by atoms with van der Waals surface area (Å²) in [4.78, 5) is 13.0. The van der Waals surface area contributed by atoms with E-state index < -0.39 is 0 Å². The van der Waals surface area contributed by atoms with Crippen molar-refractivity contribution in [3.8, 4) is 5.75 Å². The first-order valence-corrected chi connectivity index (χ1v) is 8.84. The summed E-state index contributed by atoms with van der Waals surface area (Å²) in [6.07, 6.45) is 1.91. The van der Waals surface area contributed by atoms with E-state index in [4.69, 9.17) is 4.74 Å². The van der Waals surface area contributed by atoms with Crippen LogP contribution in [0.4, 0.5) is 4.39 Å². The molecule has 3 aromatic rings. The zero-order valence-electron chi connectivity index (χ0n) is 15.1. The van der Waals surface area contributed by atoms with Crippen LogP contribution in [-0.4, -0.2) is 21.8 Å². The minimum absolute atomic E-state index is 0.216. The van der Waals surface area contributed by atoms with E-state index in [1.807, 2.05) is 44.3 Å². The normalized spacial score (nSPS) is 18.0. The highest BCUT2D eigenvalue weighted by Crippen LogP contribution is 2.37. The van der Waals surface area contributed by atoms with E-state index in [1.165, 1.54) is 12.1 Å². The highest BCUT2D eigenvalue weighted by molar-refractivity contribution is 5.95. The fourth-order valence-electron chi connectivity index (χ4n) is 3.45. The number of hydrogen-bond donors (Lipinski definition) is 1. The highest BCUT2D eigenvalue weighted by Gasteiger charge is 2.33. The predicted octanol–water partition coefficient (Wildman–Crippen LogP) is 3.40. The lowest BCUT2D eigenvalue weighted by Gasteiger charge is -2.17. The van der Waals surface area contributed by atoms with Gasteiger partial charge in [0, 0.05) is 25.1 Å². The summed E-state index contributed by atoms with van der Waals surface area (Å²) in [5, 5.41) is 7.28. The molecule has 2 aromatic carbocycles. The minimum atomic E-state index is -0.356. The van der Waals surface area contributed by atoms with Crippen LogP contribution < -0.4 is 10.1 Å². The Balaban J connectivity index is 1.58. The lowest BCUT2D eigenvalue weighted by Crippen LogP contribution is -2.34. The topological polar surface area (TPSA) is 56.1 Å². The molecule has 1 aliphatic rings. The average molecular weight is 365 g/mol. The van der Waals surface area contributed by atoms with Gasteiger partial charge < -0.3 is 10.1 Å². The van der Waals surface area contributed by atoms with Gasteiger partial charge in [0.2, 0.25) is 0 Å². The maximum absolute atomic E-state index is 13.4. The Bertz CT molecular complexity index is 984. The number of aromatic nitrogens is 2. The van der Waals surface area contributed by atoms with Gasteiger partial charge in [-0.15, -0.1) is 0 Å². The van der Waals surface area contributed by atoms with Gasteiger partial charge in [0.1, 0.15) is 17.7 Å². The number of nitrogens with one attached hydrogen (secondary N) is 1. The second kappa shape index (κ2) is 6.87. The van der Waals surface area contributed by atoms with Crippen molar-refractivity contribution in [3.63, 3.8) is 0 Å². The molecule has 2 unspecified atom stereocenters. The Hall–Kier alpha value is -3.15. The molecule has 2 heterocycles. The number of fused-ring (bicyclic) bond motifs is 1. The van der Waals surface area contributed by atoms with E-state index in [0.717, 1.165) is 16.8 Å². The molecule has 0 aliphatic carbocycles. The molecule has 5 nitrogen and oxygen atoms in total.